The number of amides is 3. The van der Waals surface area contributed by atoms with E-state index in [1.807, 2.05) is 139 Å². The summed E-state index contributed by atoms with van der Waals surface area (Å²) in [6.07, 6.45) is -0.710. The Hall–Kier alpha value is -7.34. The Morgan fingerprint density at radius 1 is 0.621 bits per heavy atom. The second-order valence-electron chi connectivity index (χ2n) is 18.6. The molecule has 2 aliphatic rings. The van der Waals surface area contributed by atoms with Gasteiger partial charge in [0.1, 0.15) is 42.1 Å². The van der Waals surface area contributed by atoms with Crippen molar-refractivity contribution < 1.29 is 38.1 Å². The van der Waals surface area contributed by atoms with Gasteiger partial charge in [-0.15, -0.1) is 0 Å². The number of hydrogen-bond acceptors (Lipinski definition) is 10. The highest BCUT2D eigenvalue weighted by Gasteiger charge is 2.40. The topological polar surface area (TPSA) is 172 Å². The first-order chi connectivity index (χ1) is 31.5. The summed E-state index contributed by atoms with van der Waals surface area (Å²) in [6.45, 7) is 12.1. The van der Waals surface area contributed by atoms with Crippen molar-refractivity contribution in [1.29, 1.82) is 0 Å². The molecule has 4 heterocycles. The summed E-state index contributed by atoms with van der Waals surface area (Å²) in [5.41, 5.74) is 4.61. The van der Waals surface area contributed by atoms with Gasteiger partial charge in [-0.25, -0.2) is 24.4 Å². The fourth-order valence-electron chi connectivity index (χ4n) is 8.04. The van der Waals surface area contributed by atoms with Crippen LogP contribution in [0.25, 0.3) is 22.1 Å². The molecule has 1 unspecified atom stereocenters. The van der Waals surface area contributed by atoms with Gasteiger partial charge in [0.25, 0.3) is 0 Å². The lowest BCUT2D eigenvalue weighted by Gasteiger charge is -2.40. The standard InChI is InChI=1S/C51H55N7O8/c1-50(2,3)65-46(59)37-23-24-57(48(61)63-31-35-13-9-7-10-14-35)42(29-37)44-52-38-21-19-33(27-40(38)54-44)17-18-34-20-22-39-41(28-34)55-45(53-39)43-30-56(47(60)66-51(4,5)6)25-26-58(43)49(62)64-32-36-15-11-8-12-16-36/h7-16,19-22,27-28,37,42-43H,23-26,29-32H2,1-6H3,(H,52,54)(H,53,55)/t37?,42-,43-/m0/s1. The lowest BCUT2D eigenvalue weighted by atomic mass is 9.90. The van der Waals surface area contributed by atoms with E-state index in [-0.39, 0.29) is 38.8 Å². The lowest BCUT2D eigenvalue weighted by molar-refractivity contribution is -0.162. The normalized spacial score (nSPS) is 17.8. The number of aromatic nitrogens is 4. The zero-order valence-corrected chi connectivity index (χ0v) is 38.1. The number of H-pyrrole nitrogens is 2. The van der Waals surface area contributed by atoms with Gasteiger partial charge >= 0.3 is 24.2 Å². The Balaban J connectivity index is 1.01. The van der Waals surface area contributed by atoms with Crippen LogP contribution in [0, 0.1) is 17.8 Å². The van der Waals surface area contributed by atoms with Gasteiger partial charge < -0.3 is 33.8 Å². The number of esters is 1. The minimum atomic E-state index is -0.687. The first-order valence-corrected chi connectivity index (χ1v) is 22.2. The molecule has 66 heavy (non-hydrogen) atoms. The molecular formula is C51H55N7O8. The smallest absolute Gasteiger partial charge is 0.410 e. The Morgan fingerprint density at radius 2 is 1.12 bits per heavy atom. The van der Waals surface area contributed by atoms with Gasteiger partial charge in [0, 0.05) is 30.8 Å². The number of carbonyl (C=O) groups is 4. The SMILES string of the molecule is CC(C)(C)OC(=O)C1CCN(C(=O)OCc2ccccc2)[C@H](c2nc3cc(C#Cc4ccc5[nH]c([C@@H]6CN(C(=O)OC(C)(C)C)CCN6C(=O)OCc6ccccc6)nc5c4)ccc3[nH]2)C1. The van der Waals surface area contributed by atoms with E-state index in [2.05, 4.69) is 21.8 Å². The molecule has 2 aliphatic heterocycles. The summed E-state index contributed by atoms with van der Waals surface area (Å²) in [5.74, 6) is 6.80. The van der Waals surface area contributed by atoms with E-state index in [1.165, 1.54) is 0 Å². The minimum Gasteiger partial charge on any atom is -0.460 e. The number of carbonyl (C=O) groups excluding carboxylic acids is 4. The zero-order chi connectivity index (χ0) is 46.6. The number of hydrogen-bond donors (Lipinski definition) is 2. The number of nitrogens with zero attached hydrogens (tertiary/aromatic N) is 5. The van der Waals surface area contributed by atoms with Gasteiger partial charge in [-0.05, 0) is 102 Å². The quantitative estimate of drug-likeness (QED) is 0.0894. The first kappa shape index (κ1) is 45.2. The molecule has 3 amide bonds. The van der Waals surface area contributed by atoms with Gasteiger partial charge in [-0.1, -0.05) is 72.5 Å². The summed E-state index contributed by atoms with van der Waals surface area (Å²) in [7, 11) is 0. The second kappa shape index (κ2) is 19.0. The Labute approximate surface area is 383 Å². The van der Waals surface area contributed by atoms with Crippen LogP contribution >= 0.6 is 0 Å². The predicted octanol–water partition coefficient (Wildman–Crippen LogP) is 9.20. The van der Waals surface area contributed by atoms with Crippen LogP contribution in [-0.4, -0.2) is 96.3 Å². The Bertz CT molecular complexity index is 2590. The molecule has 2 saturated heterocycles. The third-order valence-electron chi connectivity index (χ3n) is 11.2. The summed E-state index contributed by atoms with van der Waals surface area (Å²) >= 11 is 0. The van der Waals surface area contributed by atoms with Gasteiger partial charge in [0.2, 0.25) is 0 Å². The lowest BCUT2D eigenvalue weighted by Crippen LogP contribution is -2.53. The molecule has 0 aliphatic carbocycles. The highest BCUT2D eigenvalue weighted by Crippen LogP contribution is 2.36. The molecule has 0 spiro atoms. The Morgan fingerprint density at radius 3 is 1.64 bits per heavy atom. The third kappa shape index (κ3) is 11.1. The summed E-state index contributed by atoms with van der Waals surface area (Å²) in [5, 5.41) is 0. The van der Waals surface area contributed by atoms with Crippen molar-refractivity contribution >= 4 is 46.3 Å². The van der Waals surface area contributed by atoms with E-state index >= 15 is 0 Å². The van der Waals surface area contributed by atoms with E-state index in [0.29, 0.717) is 53.2 Å². The van der Waals surface area contributed by atoms with Crippen molar-refractivity contribution in [3.8, 4) is 11.8 Å². The molecule has 15 heteroatoms. The van der Waals surface area contributed by atoms with Crippen molar-refractivity contribution in [3.63, 3.8) is 0 Å². The van der Waals surface area contributed by atoms with Gasteiger partial charge in [-0.3, -0.25) is 14.6 Å². The summed E-state index contributed by atoms with van der Waals surface area (Å²) in [6, 6.07) is 29.1. The number of imidazole rings is 2. The van der Waals surface area contributed by atoms with Crippen molar-refractivity contribution in [1.82, 2.24) is 34.6 Å². The summed E-state index contributed by atoms with van der Waals surface area (Å²) in [4.78, 5) is 75.0. The number of rotatable bonds is 7. The van der Waals surface area contributed by atoms with E-state index in [9.17, 15) is 19.2 Å². The van der Waals surface area contributed by atoms with Crippen molar-refractivity contribution in [2.45, 2.75) is 90.9 Å². The molecule has 15 nitrogen and oxygen atoms in total. The molecular weight excluding hydrogens is 839 g/mol. The van der Waals surface area contributed by atoms with Crippen LogP contribution in [0.5, 0.6) is 0 Å². The number of likely N-dealkylation sites (tertiary alicyclic amines) is 1. The number of fused-ring (bicyclic) bond motifs is 2. The molecule has 0 bridgehead atoms. The molecule has 342 valence electrons. The minimum absolute atomic E-state index is 0.108. The monoisotopic (exact) mass is 893 g/mol. The number of benzene rings is 4. The van der Waals surface area contributed by atoms with E-state index in [0.717, 1.165) is 22.2 Å². The zero-order valence-electron chi connectivity index (χ0n) is 38.1. The molecule has 2 aromatic heterocycles. The number of aromatic amines is 2. The maximum absolute atomic E-state index is 13.6. The second-order valence-corrected chi connectivity index (χ2v) is 18.6. The van der Waals surface area contributed by atoms with Crippen LogP contribution in [0.1, 0.15) is 100 Å². The fourth-order valence-corrected chi connectivity index (χ4v) is 8.04. The van der Waals surface area contributed by atoms with Crippen molar-refractivity contribution in [3.05, 3.63) is 131 Å². The van der Waals surface area contributed by atoms with E-state index in [1.54, 1.807) is 14.7 Å². The van der Waals surface area contributed by atoms with Crippen LogP contribution < -0.4 is 0 Å². The van der Waals surface area contributed by atoms with E-state index < -0.39 is 47.5 Å². The average molecular weight is 894 g/mol. The molecule has 0 saturated carbocycles. The predicted molar refractivity (Wildman–Crippen MR) is 247 cm³/mol. The van der Waals surface area contributed by atoms with Gasteiger partial charge in [0.15, 0.2) is 0 Å². The highest BCUT2D eigenvalue weighted by molar-refractivity contribution is 5.80. The molecule has 8 rings (SSSR count). The number of piperazine rings is 1. The van der Waals surface area contributed by atoms with Crippen LogP contribution in [0.4, 0.5) is 14.4 Å². The maximum atomic E-state index is 13.6. The van der Waals surface area contributed by atoms with Gasteiger partial charge in [-0.2, -0.15) is 0 Å². The number of piperidine rings is 1. The summed E-state index contributed by atoms with van der Waals surface area (Å²) < 4.78 is 22.9. The van der Waals surface area contributed by atoms with E-state index in [4.69, 9.17) is 28.9 Å². The third-order valence-corrected chi connectivity index (χ3v) is 11.2. The largest absolute Gasteiger partial charge is 0.460 e. The van der Waals surface area contributed by atoms with Crippen LogP contribution in [0.2, 0.25) is 0 Å². The highest BCUT2D eigenvalue weighted by atomic mass is 16.6. The molecule has 4 aromatic carbocycles. The molecule has 6 aromatic rings. The van der Waals surface area contributed by atoms with Crippen molar-refractivity contribution in [2.24, 2.45) is 5.92 Å². The first-order valence-electron chi connectivity index (χ1n) is 22.2. The van der Waals surface area contributed by atoms with Crippen LogP contribution in [0.3, 0.4) is 0 Å². The fraction of sp³-hybridized carbons (Fsp3) is 0.373. The number of ether oxygens (including phenoxy) is 4. The van der Waals surface area contributed by atoms with Crippen molar-refractivity contribution in [2.75, 3.05) is 26.2 Å². The molecule has 2 N–H and O–H groups in total. The molecule has 3 atom stereocenters. The average Bonchev–Trinajstić information content (AvgIpc) is 3.93. The Kier molecular flexibility index (Phi) is 13.0. The molecule has 2 fully saturated rings. The van der Waals surface area contributed by atoms with Gasteiger partial charge in [0.05, 0.1) is 40.6 Å². The maximum Gasteiger partial charge on any atom is 0.410 e. The van der Waals surface area contributed by atoms with Crippen LogP contribution in [-0.2, 0) is 37.0 Å². The van der Waals surface area contributed by atoms with Crippen LogP contribution in [0.15, 0.2) is 97.1 Å². The molecule has 0 radical (unpaired) electrons. The number of nitrogens with one attached hydrogen (secondary N) is 2.